The standard InChI is InChI=1S/C27H31ClF2N4O2/c1-18(2)32-11-6-21(7-12-32)36-22-3-4-23-19(15-22)16-24(34(23)20-5-10-31-25(28)17-20)26(35)33-13-8-27(29,30)9-14-33/h3-5,10,15-18,21H,6-9,11-14H2,1-2H3. The van der Waals surface area contributed by atoms with Crippen LogP contribution in [0.1, 0.15) is 50.0 Å². The molecule has 4 heterocycles. The van der Waals surface area contributed by atoms with Gasteiger partial charge in [-0.2, -0.15) is 0 Å². The lowest BCUT2D eigenvalue weighted by Crippen LogP contribution is -2.43. The van der Waals surface area contributed by atoms with Gasteiger partial charge in [-0.1, -0.05) is 11.6 Å². The van der Waals surface area contributed by atoms with Crippen molar-refractivity contribution < 1.29 is 18.3 Å². The van der Waals surface area contributed by atoms with Crippen LogP contribution in [0.25, 0.3) is 16.6 Å². The van der Waals surface area contributed by atoms with Gasteiger partial charge in [-0.15, -0.1) is 0 Å². The molecule has 2 saturated heterocycles. The second-order valence-electron chi connectivity index (χ2n) is 10.0. The average Bonchev–Trinajstić information content (AvgIpc) is 3.23. The molecule has 0 atom stereocenters. The van der Waals surface area contributed by atoms with Gasteiger partial charge in [0.2, 0.25) is 0 Å². The number of rotatable bonds is 5. The van der Waals surface area contributed by atoms with E-state index < -0.39 is 5.92 Å². The van der Waals surface area contributed by atoms with Gasteiger partial charge < -0.3 is 19.1 Å². The number of halogens is 3. The van der Waals surface area contributed by atoms with Gasteiger partial charge in [-0.3, -0.25) is 4.79 Å². The van der Waals surface area contributed by atoms with Crippen molar-refractivity contribution in [2.45, 2.75) is 57.6 Å². The lowest BCUT2D eigenvalue weighted by molar-refractivity contribution is -0.0495. The first-order valence-corrected chi connectivity index (χ1v) is 12.9. The average molecular weight is 517 g/mol. The van der Waals surface area contributed by atoms with Gasteiger partial charge in [-0.25, -0.2) is 13.8 Å². The zero-order chi connectivity index (χ0) is 25.4. The van der Waals surface area contributed by atoms with Crippen molar-refractivity contribution in [3.05, 3.63) is 53.4 Å². The van der Waals surface area contributed by atoms with Gasteiger partial charge in [0.05, 0.1) is 11.2 Å². The highest BCUT2D eigenvalue weighted by atomic mass is 35.5. The van der Waals surface area contributed by atoms with Crippen LogP contribution in [0.5, 0.6) is 5.75 Å². The van der Waals surface area contributed by atoms with Crippen LogP contribution in [-0.2, 0) is 0 Å². The molecular formula is C27H31ClF2N4O2. The van der Waals surface area contributed by atoms with Crippen LogP contribution >= 0.6 is 11.6 Å². The third-order valence-corrected chi connectivity index (χ3v) is 7.46. The molecule has 0 saturated carbocycles. The Kier molecular flexibility index (Phi) is 6.92. The van der Waals surface area contributed by atoms with Gasteiger partial charge in [0.25, 0.3) is 11.8 Å². The molecule has 1 aromatic carbocycles. The maximum absolute atomic E-state index is 13.7. The molecule has 2 aliphatic rings. The summed E-state index contributed by atoms with van der Waals surface area (Å²) in [7, 11) is 0. The molecule has 3 aromatic rings. The van der Waals surface area contributed by atoms with Crippen LogP contribution in [0.3, 0.4) is 0 Å². The maximum atomic E-state index is 13.7. The molecule has 6 nitrogen and oxygen atoms in total. The number of nitrogens with zero attached hydrogens (tertiary/aromatic N) is 4. The molecule has 5 rings (SSSR count). The fourth-order valence-corrected chi connectivity index (χ4v) is 5.30. The summed E-state index contributed by atoms with van der Waals surface area (Å²) >= 11 is 6.16. The van der Waals surface area contributed by atoms with Crippen molar-refractivity contribution in [1.29, 1.82) is 0 Å². The van der Waals surface area contributed by atoms with Crippen LogP contribution in [0.15, 0.2) is 42.6 Å². The number of likely N-dealkylation sites (tertiary alicyclic amines) is 2. The zero-order valence-corrected chi connectivity index (χ0v) is 21.3. The molecule has 9 heteroatoms. The Labute approximate surface area is 214 Å². The number of alkyl halides is 2. The second-order valence-corrected chi connectivity index (χ2v) is 10.4. The number of carbonyl (C=O) groups is 1. The van der Waals surface area contributed by atoms with E-state index in [-0.39, 0.29) is 37.9 Å². The lowest BCUT2D eigenvalue weighted by atomic mass is 10.1. The number of hydrogen-bond donors (Lipinski definition) is 0. The summed E-state index contributed by atoms with van der Waals surface area (Å²) in [6, 6.07) is 11.6. The van der Waals surface area contributed by atoms with Crippen LogP contribution < -0.4 is 4.74 Å². The predicted octanol–water partition coefficient (Wildman–Crippen LogP) is 5.80. The summed E-state index contributed by atoms with van der Waals surface area (Å²) < 4.78 is 35.6. The van der Waals surface area contributed by atoms with Crippen molar-refractivity contribution >= 4 is 28.4 Å². The number of fused-ring (bicyclic) bond motifs is 1. The molecule has 192 valence electrons. The molecule has 36 heavy (non-hydrogen) atoms. The molecule has 0 unspecified atom stereocenters. The largest absolute Gasteiger partial charge is 0.490 e. The van der Waals surface area contributed by atoms with E-state index in [4.69, 9.17) is 16.3 Å². The fourth-order valence-electron chi connectivity index (χ4n) is 5.14. The van der Waals surface area contributed by atoms with E-state index in [0.29, 0.717) is 22.6 Å². The minimum atomic E-state index is -2.72. The highest BCUT2D eigenvalue weighted by Crippen LogP contribution is 2.33. The topological polar surface area (TPSA) is 50.6 Å². The first-order valence-electron chi connectivity index (χ1n) is 12.6. The minimum Gasteiger partial charge on any atom is -0.490 e. The fraction of sp³-hybridized carbons (Fsp3) is 0.481. The van der Waals surface area contributed by atoms with Gasteiger partial charge in [0.15, 0.2) is 0 Å². The van der Waals surface area contributed by atoms with Crippen molar-refractivity contribution in [3.63, 3.8) is 0 Å². The number of aromatic nitrogens is 2. The van der Waals surface area contributed by atoms with Crippen LogP contribution in [0.4, 0.5) is 8.78 Å². The van der Waals surface area contributed by atoms with E-state index >= 15 is 0 Å². The summed E-state index contributed by atoms with van der Waals surface area (Å²) in [5.74, 6) is -2.25. The Hall–Kier alpha value is -2.71. The number of pyridine rings is 1. The Balaban J connectivity index is 1.45. The zero-order valence-electron chi connectivity index (χ0n) is 20.6. The molecule has 0 spiro atoms. The molecule has 2 fully saturated rings. The van der Waals surface area contributed by atoms with Gasteiger partial charge in [0, 0.05) is 56.6 Å². The van der Waals surface area contributed by atoms with Crippen molar-refractivity contribution in [2.24, 2.45) is 0 Å². The third kappa shape index (κ3) is 5.20. The Morgan fingerprint density at radius 1 is 1.08 bits per heavy atom. The summed E-state index contributed by atoms with van der Waals surface area (Å²) in [6.45, 7) is 6.49. The number of amides is 1. The summed E-state index contributed by atoms with van der Waals surface area (Å²) in [5, 5.41) is 1.14. The molecule has 0 aliphatic carbocycles. The van der Waals surface area contributed by atoms with Crippen molar-refractivity contribution in [1.82, 2.24) is 19.4 Å². The summed E-state index contributed by atoms with van der Waals surface area (Å²) in [6.07, 6.45) is 3.02. The molecule has 0 radical (unpaired) electrons. The van der Waals surface area contributed by atoms with Gasteiger partial charge in [0.1, 0.15) is 22.7 Å². The molecule has 2 aliphatic heterocycles. The quantitative estimate of drug-likeness (QED) is 0.402. The Morgan fingerprint density at radius 3 is 2.47 bits per heavy atom. The summed E-state index contributed by atoms with van der Waals surface area (Å²) in [4.78, 5) is 21.5. The molecule has 0 N–H and O–H groups in total. The third-order valence-electron chi connectivity index (χ3n) is 7.25. The Bertz CT molecular complexity index is 1240. The normalized spacial score (nSPS) is 19.2. The first-order chi connectivity index (χ1) is 17.2. The Morgan fingerprint density at radius 2 is 1.81 bits per heavy atom. The minimum absolute atomic E-state index is 0.0217. The first kappa shape index (κ1) is 25.0. The molecular weight excluding hydrogens is 486 g/mol. The van der Waals surface area contributed by atoms with Crippen LogP contribution in [0, 0.1) is 0 Å². The van der Waals surface area contributed by atoms with Crippen LogP contribution in [-0.4, -0.2) is 69.5 Å². The van der Waals surface area contributed by atoms with Gasteiger partial charge in [-0.05, 0) is 63.1 Å². The number of hydrogen-bond acceptors (Lipinski definition) is 4. The smallest absolute Gasteiger partial charge is 0.270 e. The lowest BCUT2D eigenvalue weighted by Gasteiger charge is -2.34. The van der Waals surface area contributed by atoms with Gasteiger partial charge >= 0.3 is 0 Å². The predicted molar refractivity (Wildman–Crippen MR) is 137 cm³/mol. The molecule has 0 bridgehead atoms. The number of carbonyl (C=O) groups excluding carboxylic acids is 1. The van der Waals surface area contributed by atoms with E-state index in [0.717, 1.165) is 42.6 Å². The molecule has 1 amide bonds. The number of piperidine rings is 2. The summed E-state index contributed by atoms with van der Waals surface area (Å²) in [5.41, 5.74) is 1.90. The second kappa shape index (κ2) is 9.98. The number of benzene rings is 1. The number of ether oxygens (including phenoxy) is 1. The van der Waals surface area contributed by atoms with Crippen LogP contribution in [0.2, 0.25) is 5.15 Å². The highest BCUT2D eigenvalue weighted by molar-refractivity contribution is 6.29. The SMILES string of the molecule is CC(C)N1CCC(Oc2ccc3c(c2)cc(C(=O)N2CCC(F)(F)CC2)n3-c2ccnc(Cl)c2)CC1. The van der Waals surface area contributed by atoms with E-state index in [2.05, 4.69) is 23.7 Å². The van der Waals surface area contributed by atoms with E-state index in [1.807, 2.05) is 28.8 Å². The highest BCUT2D eigenvalue weighted by Gasteiger charge is 2.36. The van der Waals surface area contributed by atoms with Crippen molar-refractivity contribution in [3.8, 4) is 11.4 Å². The maximum Gasteiger partial charge on any atom is 0.270 e. The van der Waals surface area contributed by atoms with Crippen molar-refractivity contribution in [2.75, 3.05) is 26.2 Å². The van der Waals surface area contributed by atoms with E-state index in [9.17, 15) is 13.6 Å². The van der Waals surface area contributed by atoms with E-state index in [1.54, 1.807) is 18.3 Å². The molecule has 2 aromatic heterocycles. The monoisotopic (exact) mass is 516 g/mol. The van der Waals surface area contributed by atoms with E-state index in [1.165, 1.54) is 4.90 Å².